The summed E-state index contributed by atoms with van der Waals surface area (Å²) < 4.78 is 0. The minimum Gasteiger partial charge on any atom is -0.326 e. The van der Waals surface area contributed by atoms with Gasteiger partial charge in [-0.05, 0) is 56.0 Å². The number of carbonyl (C=O) groups excluding carboxylic acids is 2. The third-order valence-corrected chi connectivity index (χ3v) is 5.00. The molecule has 5 nitrogen and oxygen atoms in total. The molecular weight excluding hydrogens is 358 g/mol. The number of rotatable bonds is 4. The largest absolute Gasteiger partial charge is 0.326 e. The van der Waals surface area contributed by atoms with Gasteiger partial charge < -0.3 is 16.0 Å². The summed E-state index contributed by atoms with van der Waals surface area (Å²) in [5.74, 6) is -0.0589. The van der Waals surface area contributed by atoms with Gasteiger partial charge >= 0.3 is 0 Å². The lowest BCUT2D eigenvalue weighted by Crippen LogP contribution is -2.40. The lowest BCUT2D eigenvalue weighted by Gasteiger charge is -2.27. The highest BCUT2D eigenvalue weighted by Gasteiger charge is 2.24. The van der Waals surface area contributed by atoms with Gasteiger partial charge in [0, 0.05) is 23.3 Å². The first-order chi connectivity index (χ1) is 11.6. The molecule has 2 amide bonds. The van der Waals surface area contributed by atoms with Crippen molar-refractivity contribution < 1.29 is 9.59 Å². The minimum atomic E-state index is -0.138. The number of hydrogen-bond acceptors (Lipinski definition) is 4. The molecule has 0 radical (unpaired) electrons. The Morgan fingerprint density at radius 1 is 1.16 bits per heavy atom. The van der Waals surface area contributed by atoms with Crippen LogP contribution in [0.5, 0.6) is 0 Å². The van der Waals surface area contributed by atoms with E-state index in [4.69, 9.17) is 0 Å². The Balaban J connectivity index is 0.00000225. The van der Waals surface area contributed by atoms with Crippen molar-refractivity contribution in [3.05, 3.63) is 46.7 Å². The SMILES string of the molecule is C[C@H]1C[C@@H](C(=O)Nc2cccc(NC(=O)c3cccs3)c2)CCN1.Cl. The van der Waals surface area contributed by atoms with Crippen molar-refractivity contribution in [2.75, 3.05) is 17.2 Å². The second kappa shape index (κ2) is 8.99. The first-order valence-corrected chi connectivity index (χ1v) is 8.99. The summed E-state index contributed by atoms with van der Waals surface area (Å²) in [6, 6.07) is 11.3. The first kappa shape index (κ1) is 19.4. The third kappa shape index (κ3) is 5.29. The Morgan fingerprint density at radius 3 is 2.60 bits per heavy atom. The molecule has 0 unspecified atom stereocenters. The summed E-state index contributed by atoms with van der Waals surface area (Å²) in [6.07, 6.45) is 1.70. The zero-order chi connectivity index (χ0) is 16.9. The van der Waals surface area contributed by atoms with Gasteiger partial charge in [-0.15, -0.1) is 23.7 Å². The van der Waals surface area contributed by atoms with Gasteiger partial charge in [0.05, 0.1) is 4.88 Å². The number of amides is 2. The molecule has 1 aliphatic heterocycles. The molecule has 1 aromatic carbocycles. The van der Waals surface area contributed by atoms with E-state index in [2.05, 4.69) is 22.9 Å². The number of hydrogen-bond donors (Lipinski definition) is 3. The fourth-order valence-electron chi connectivity index (χ4n) is 2.89. The van der Waals surface area contributed by atoms with Crippen LogP contribution in [0.2, 0.25) is 0 Å². The predicted octanol–water partition coefficient (Wildman–Crippen LogP) is 3.75. The molecule has 2 heterocycles. The molecule has 3 rings (SSSR count). The Morgan fingerprint density at radius 2 is 1.92 bits per heavy atom. The molecule has 0 aliphatic carbocycles. The van der Waals surface area contributed by atoms with Crippen LogP contribution < -0.4 is 16.0 Å². The van der Waals surface area contributed by atoms with Crippen molar-refractivity contribution in [2.24, 2.45) is 5.92 Å². The fourth-order valence-corrected chi connectivity index (χ4v) is 3.51. The van der Waals surface area contributed by atoms with Crippen LogP contribution in [0.3, 0.4) is 0 Å². The molecule has 0 spiro atoms. The lowest BCUT2D eigenvalue weighted by atomic mass is 9.92. The minimum absolute atomic E-state index is 0. The van der Waals surface area contributed by atoms with Gasteiger partial charge in [-0.1, -0.05) is 12.1 Å². The molecule has 25 heavy (non-hydrogen) atoms. The standard InChI is InChI=1S/C18H21N3O2S.ClH/c1-12-10-13(7-8-19-12)17(22)20-14-4-2-5-15(11-14)21-18(23)16-6-3-9-24-16;/h2-6,9,11-13,19H,7-8,10H2,1H3,(H,20,22)(H,21,23);1H/t12-,13-;/m0./s1. The van der Waals surface area contributed by atoms with E-state index in [1.54, 1.807) is 12.1 Å². The van der Waals surface area contributed by atoms with Crippen LogP contribution in [0, 0.1) is 5.92 Å². The molecular formula is C18H22ClN3O2S. The van der Waals surface area contributed by atoms with Crippen LogP contribution in [0.1, 0.15) is 29.4 Å². The van der Waals surface area contributed by atoms with Gasteiger partial charge in [0.15, 0.2) is 0 Å². The zero-order valence-electron chi connectivity index (χ0n) is 14.0. The van der Waals surface area contributed by atoms with Crippen LogP contribution in [-0.2, 0) is 4.79 Å². The smallest absolute Gasteiger partial charge is 0.265 e. The number of halogens is 1. The van der Waals surface area contributed by atoms with E-state index in [-0.39, 0.29) is 30.1 Å². The Kier molecular flexibility index (Phi) is 6.99. The van der Waals surface area contributed by atoms with Crippen molar-refractivity contribution in [1.82, 2.24) is 5.32 Å². The van der Waals surface area contributed by atoms with E-state index in [1.807, 2.05) is 29.6 Å². The molecule has 1 saturated heterocycles. The third-order valence-electron chi connectivity index (χ3n) is 4.13. The van der Waals surface area contributed by atoms with Crippen molar-refractivity contribution >= 4 is 46.9 Å². The number of carbonyl (C=O) groups is 2. The summed E-state index contributed by atoms with van der Waals surface area (Å²) >= 11 is 1.40. The summed E-state index contributed by atoms with van der Waals surface area (Å²) in [5.41, 5.74) is 1.38. The number of piperidine rings is 1. The molecule has 2 aromatic rings. The Bertz CT molecular complexity index is 721. The van der Waals surface area contributed by atoms with E-state index in [0.29, 0.717) is 22.3 Å². The van der Waals surface area contributed by atoms with Crippen LogP contribution in [-0.4, -0.2) is 24.4 Å². The average Bonchev–Trinajstić information content (AvgIpc) is 3.10. The van der Waals surface area contributed by atoms with Crippen molar-refractivity contribution in [1.29, 1.82) is 0 Å². The molecule has 1 aromatic heterocycles. The van der Waals surface area contributed by atoms with E-state index in [0.717, 1.165) is 19.4 Å². The summed E-state index contributed by atoms with van der Waals surface area (Å²) in [7, 11) is 0. The van der Waals surface area contributed by atoms with Gasteiger partial charge in [0.2, 0.25) is 5.91 Å². The van der Waals surface area contributed by atoms with Gasteiger partial charge in [0.25, 0.3) is 5.91 Å². The fraction of sp³-hybridized carbons (Fsp3) is 0.333. The van der Waals surface area contributed by atoms with Crippen LogP contribution in [0.4, 0.5) is 11.4 Å². The molecule has 7 heteroatoms. The number of thiophene rings is 1. The number of anilines is 2. The molecule has 1 aliphatic rings. The Hall–Kier alpha value is -1.89. The average molecular weight is 380 g/mol. The van der Waals surface area contributed by atoms with Gasteiger partial charge in [-0.2, -0.15) is 0 Å². The van der Waals surface area contributed by atoms with Crippen molar-refractivity contribution in [3.63, 3.8) is 0 Å². The topological polar surface area (TPSA) is 70.2 Å². The van der Waals surface area contributed by atoms with Crippen molar-refractivity contribution in [2.45, 2.75) is 25.8 Å². The predicted molar refractivity (Wildman–Crippen MR) is 105 cm³/mol. The maximum absolute atomic E-state index is 12.4. The second-order valence-corrected chi connectivity index (χ2v) is 7.03. The van der Waals surface area contributed by atoms with E-state index < -0.39 is 0 Å². The van der Waals surface area contributed by atoms with Crippen LogP contribution >= 0.6 is 23.7 Å². The lowest BCUT2D eigenvalue weighted by molar-refractivity contribution is -0.120. The van der Waals surface area contributed by atoms with E-state index in [1.165, 1.54) is 11.3 Å². The molecule has 3 N–H and O–H groups in total. The summed E-state index contributed by atoms with van der Waals surface area (Å²) in [4.78, 5) is 25.2. The van der Waals surface area contributed by atoms with Gasteiger partial charge in [-0.3, -0.25) is 9.59 Å². The highest BCUT2D eigenvalue weighted by atomic mass is 35.5. The van der Waals surface area contributed by atoms with E-state index >= 15 is 0 Å². The molecule has 2 atom stereocenters. The zero-order valence-corrected chi connectivity index (χ0v) is 15.6. The summed E-state index contributed by atoms with van der Waals surface area (Å²) in [6.45, 7) is 2.97. The maximum atomic E-state index is 12.4. The molecule has 134 valence electrons. The van der Waals surface area contributed by atoms with Gasteiger partial charge in [-0.25, -0.2) is 0 Å². The quantitative estimate of drug-likeness (QED) is 0.757. The number of nitrogens with one attached hydrogen (secondary N) is 3. The van der Waals surface area contributed by atoms with Crippen LogP contribution in [0.15, 0.2) is 41.8 Å². The molecule has 0 saturated carbocycles. The Labute approximate surface area is 157 Å². The van der Waals surface area contributed by atoms with E-state index in [9.17, 15) is 9.59 Å². The monoisotopic (exact) mass is 379 g/mol. The van der Waals surface area contributed by atoms with Gasteiger partial charge in [0.1, 0.15) is 0 Å². The molecule has 0 bridgehead atoms. The number of benzene rings is 1. The maximum Gasteiger partial charge on any atom is 0.265 e. The molecule has 1 fully saturated rings. The first-order valence-electron chi connectivity index (χ1n) is 8.11. The normalized spacial score (nSPS) is 19.6. The summed E-state index contributed by atoms with van der Waals surface area (Å²) in [5, 5.41) is 11.0. The van der Waals surface area contributed by atoms with Crippen LogP contribution in [0.25, 0.3) is 0 Å². The highest BCUT2D eigenvalue weighted by Crippen LogP contribution is 2.21. The van der Waals surface area contributed by atoms with Crippen molar-refractivity contribution in [3.8, 4) is 0 Å². The highest BCUT2D eigenvalue weighted by molar-refractivity contribution is 7.12. The second-order valence-electron chi connectivity index (χ2n) is 6.08.